The molecule has 0 radical (unpaired) electrons. The Hall–Kier alpha value is -1.02. The number of rotatable bonds is 5. The van der Waals surface area contributed by atoms with Crippen LogP contribution in [0, 0.1) is 12.7 Å². The monoisotopic (exact) mass is 316 g/mol. The third kappa shape index (κ3) is 4.23. The van der Waals surface area contributed by atoms with Crippen molar-refractivity contribution in [2.75, 3.05) is 32.8 Å². The number of nitrogens with one attached hydrogen (secondary N) is 1. The molecule has 1 aliphatic rings. The van der Waals surface area contributed by atoms with E-state index >= 15 is 0 Å². The second-order valence-corrected chi connectivity index (χ2v) is 6.99. The molecule has 0 amide bonds. The van der Waals surface area contributed by atoms with Gasteiger partial charge in [-0.15, -0.1) is 0 Å². The van der Waals surface area contributed by atoms with Gasteiger partial charge in [0.1, 0.15) is 5.82 Å². The molecule has 7 heteroatoms. The van der Waals surface area contributed by atoms with Crippen molar-refractivity contribution in [3.63, 3.8) is 0 Å². The van der Waals surface area contributed by atoms with E-state index in [0.717, 1.165) is 19.2 Å². The summed E-state index contributed by atoms with van der Waals surface area (Å²) < 4.78 is 45.6. The second kappa shape index (κ2) is 6.83. The summed E-state index contributed by atoms with van der Waals surface area (Å²) in [6.07, 6.45) is 0. The molecule has 0 unspecified atom stereocenters. The van der Waals surface area contributed by atoms with Gasteiger partial charge in [-0.3, -0.25) is 4.90 Å². The Morgan fingerprint density at radius 2 is 2.05 bits per heavy atom. The lowest BCUT2D eigenvalue weighted by atomic mass is 10.2. The fourth-order valence-corrected chi connectivity index (χ4v) is 3.69. The molecule has 0 aliphatic carbocycles. The molecule has 1 heterocycles. The van der Waals surface area contributed by atoms with Gasteiger partial charge in [-0.1, -0.05) is 6.07 Å². The van der Waals surface area contributed by atoms with Crippen LogP contribution < -0.4 is 4.72 Å². The first-order valence-electron chi connectivity index (χ1n) is 6.98. The lowest BCUT2D eigenvalue weighted by Gasteiger charge is -2.32. The Labute approximate surface area is 125 Å². The zero-order chi connectivity index (χ0) is 15.5. The molecular weight excluding hydrogens is 295 g/mol. The summed E-state index contributed by atoms with van der Waals surface area (Å²) in [5.41, 5.74) is 0.530. The lowest BCUT2D eigenvalue weighted by molar-refractivity contribution is 0.0213. The number of benzene rings is 1. The van der Waals surface area contributed by atoms with E-state index in [2.05, 4.69) is 9.62 Å². The van der Waals surface area contributed by atoms with Gasteiger partial charge in [0.15, 0.2) is 0 Å². The van der Waals surface area contributed by atoms with E-state index in [0.29, 0.717) is 18.8 Å². The predicted molar refractivity (Wildman–Crippen MR) is 78.2 cm³/mol. The van der Waals surface area contributed by atoms with Crippen molar-refractivity contribution in [1.82, 2.24) is 9.62 Å². The number of morpholine rings is 1. The van der Waals surface area contributed by atoms with Gasteiger partial charge >= 0.3 is 0 Å². The largest absolute Gasteiger partial charge is 0.379 e. The minimum absolute atomic E-state index is 0.00308. The van der Waals surface area contributed by atoms with Crippen LogP contribution in [0.25, 0.3) is 0 Å². The van der Waals surface area contributed by atoms with Gasteiger partial charge in [0.25, 0.3) is 0 Å². The summed E-state index contributed by atoms with van der Waals surface area (Å²) in [6, 6.07) is 3.84. The minimum Gasteiger partial charge on any atom is -0.379 e. The zero-order valence-electron chi connectivity index (χ0n) is 12.3. The van der Waals surface area contributed by atoms with Gasteiger partial charge < -0.3 is 4.74 Å². The van der Waals surface area contributed by atoms with Crippen LogP contribution >= 0.6 is 0 Å². The molecule has 1 aliphatic heterocycles. The standard InChI is InChI=1S/C14H21FN2O3S/c1-11-3-4-13(15)9-14(11)21(18,19)16-10-12(2)17-5-7-20-8-6-17/h3-4,9,12,16H,5-8,10H2,1-2H3/t12-/m0/s1. The summed E-state index contributed by atoms with van der Waals surface area (Å²) in [5.74, 6) is -0.554. The number of nitrogens with zero attached hydrogens (tertiary/aromatic N) is 1. The number of ether oxygens (including phenoxy) is 1. The van der Waals surface area contributed by atoms with Crippen LogP contribution in [0.15, 0.2) is 23.1 Å². The van der Waals surface area contributed by atoms with Gasteiger partial charge in [0.05, 0.1) is 18.1 Å². The van der Waals surface area contributed by atoms with Gasteiger partial charge in [0.2, 0.25) is 10.0 Å². The first-order valence-corrected chi connectivity index (χ1v) is 8.46. The quantitative estimate of drug-likeness (QED) is 0.885. The average molecular weight is 316 g/mol. The summed E-state index contributed by atoms with van der Waals surface area (Å²) in [6.45, 7) is 6.83. The molecule has 0 bridgehead atoms. The van der Waals surface area contributed by atoms with E-state index in [1.807, 2.05) is 6.92 Å². The Balaban J connectivity index is 2.02. The lowest BCUT2D eigenvalue weighted by Crippen LogP contribution is -2.47. The van der Waals surface area contributed by atoms with Crippen LogP contribution in [0.5, 0.6) is 0 Å². The fourth-order valence-electron chi connectivity index (χ4n) is 2.32. The third-order valence-electron chi connectivity index (χ3n) is 3.68. The number of sulfonamides is 1. The third-order valence-corrected chi connectivity index (χ3v) is 5.24. The van der Waals surface area contributed by atoms with Gasteiger partial charge in [-0.25, -0.2) is 17.5 Å². The topological polar surface area (TPSA) is 58.6 Å². The molecule has 118 valence electrons. The molecule has 1 fully saturated rings. The van der Waals surface area contributed by atoms with E-state index in [1.54, 1.807) is 6.92 Å². The van der Waals surface area contributed by atoms with Crippen molar-refractivity contribution in [3.8, 4) is 0 Å². The summed E-state index contributed by atoms with van der Waals surface area (Å²) in [7, 11) is -3.70. The molecular formula is C14H21FN2O3S. The number of halogens is 1. The maximum absolute atomic E-state index is 13.3. The maximum atomic E-state index is 13.3. The summed E-state index contributed by atoms with van der Waals surface area (Å²) in [4.78, 5) is 2.17. The molecule has 1 atom stereocenters. The molecule has 1 aromatic rings. The zero-order valence-corrected chi connectivity index (χ0v) is 13.1. The van der Waals surface area contributed by atoms with E-state index in [1.165, 1.54) is 12.1 Å². The first-order chi connectivity index (χ1) is 9.90. The molecule has 21 heavy (non-hydrogen) atoms. The average Bonchev–Trinajstić information content (AvgIpc) is 2.48. The van der Waals surface area contributed by atoms with E-state index in [4.69, 9.17) is 4.74 Å². The highest BCUT2D eigenvalue weighted by molar-refractivity contribution is 7.89. The molecule has 0 spiro atoms. The Kier molecular flexibility index (Phi) is 5.32. The highest BCUT2D eigenvalue weighted by Crippen LogP contribution is 2.16. The Morgan fingerprint density at radius 3 is 2.71 bits per heavy atom. The van der Waals surface area contributed by atoms with Crippen LogP contribution in [-0.4, -0.2) is 52.2 Å². The Morgan fingerprint density at radius 1 is 1.38 bits per heavy atom. The second-order valence-electron chi connectivity index (χ2n) is 5.26. The number of hydrogen-bond donors (Lipinski definition) is 1. The van der Waals surface area contributed by atoms with Crippen molar-refractivity contribution in [3.05, 3.63) is 29.6 Å². The molecule has 0 aromatic heterocycles. The normalized spacial score (nSPS) is 18.6. The smallest absolute Gasteiger partial charge is 0.240 e. The number of hydrogen-bond acceptors (Lipinski definition) is 4. The molecule has 5 nitrogen and oxygen atoms in total. The molecule has 0 saturated carbocycles. The predicted octanol–water partition coefficient (Wildman–Crippen LogP) is 1.13. The molecule has 1 aromatic carbocycles. The van der Waals surface area contributed by atoms with Crippen LogP contribution in [0.4, 0.5) is 4.39 Å². The maximum Gasteiger partial charge on any atom is 0.240 e. The van der Waals surface area contributed by atoms with Crippen LogP contribution in [0.2, 0.25) is 0 Å². The Bertz CT molecular complexity index is 586. The fraction of sp³-hybridized carbons (Fsp3) is 0.571. The van der Waals surface area contributed by atoms with E-state index in [-0.39, 0.29) is 17.5 Å². The van der Waals surface area contributed by atoms with E-state index < -0.39 is 15.8 Å². The van der Waals surface area contributed by atoms with Crippen molar-refractivity contribution in [2.24, 2.45) is 0 Å². The van der Waals surface area contributed by atoms with Gasteiger partial charge in [0, 0.05) is 25.7 Å². The molecule has 1 saturated heterocycles. The van der Waals surface area contributed by atoms with Crippen molar-refractivity contribution in [2.45, 2.75) is 24.8 Å². The van der Waals surface area contributed by atoms with Crippen molar-refractivity contribution in [1.29, 1.82) is 0 Å². The van der Waals surface area contributed by atoms with Crippen LogP contribution in [-0.2, 0) is 14.8 Å². The number of aryl methyl sites for hydroxylation is 1. The van der Waals surface area contributed by atoms with Gasteiger partial charge in [-0.05, 0) is 31.5 Å². The van der Waals surface area contributed by atoms with Gasteiger partial charge in [-0.2, -0.15) is 0 Å². The van der Waals surface area contributed by atoms with E-state index in [9.17, 15) is 12.8 Å². The molecule has 1 N–H and O–H groups in total. The van der Waals surface area contributed by atoms with Crippen LogP contribution in [0.1, 0.15) is 12.5 Å². The highest BCUT2D eigenvalue weighted by atomic mass is 32.2. The van der Waals surface area contributed by atoms with Crippen LogP contribution in [0.3, 0.4) is 0 Å². The van der Waals surface area contributed by atoms with Crippen molar-refractivity contribution >= 4 is 10.0 Å². The highest BCUT2D eigenvalue weighted by Gasteiger charge is 2.21. The first kappa shape index (κ1) is 16.4. The molecule has 2 rings (SSSR count). The SMILES string of the molecule is Cc1ccc(F)cc1S(=O)(=O)NC[C@H](C)N1CCOCC1. The van der Waals surface area contributed by atoms with Crippen molar-refractivity contribution < 1.29 is 17.5 Å². The minimum atomic E-state index is -3.70. The summed E-state index contributed by atoms with van der Waals surface area (Å²) in [5, 5.41) is 0. The summed E-state index contributed by atoms with van der Waals surface area (Å²) >= 11 is 0.